The fourth-order valence-corrected chi connectivity index (χ4v) is 4.43. The van der Waals surface area contributed by atoms with Gasteiger partial charge in [-0.05, 0) is 43.5 Å². The fourth-order valence-electron chi connectivity index (χ4n) is 2.69. The summed E-state index contributed by atoms with van der Waals surface area (Å²) < 4.78 is 34.2. The van der Waals surface area contributed by atoms with Crippen molar-refractivity contribution in [3.8, 4) is 5.75 Å². The lowest BCUT2D eigenvalue weighted by molar-refractivity contribution is 0.410. The fraction of sp³-hybridized carbons (Fsp3) is 0.429. The van der Waals surface area contributed by atoms with Gasteiger partial charge in [0.2, 0.25) is 5.95 Å². The summed E-state index contributed by atoms with van der Waals surface area (Å²) in [5.41, 5.74) is 1.51. The number of sulfonamides is 1. The number of aromatic nitrogens is 3. The van der Waals surface area contributed by atoms with Gasteiger partial charge in [-0.1, -0.05) is 0 Å². The van der Waals surface area contributed by atoms with Gasteiger partial charge in [-0.25, -0.2) is 17.4 Å². The van der Waals surface area contributed by atoms with E-state index in [-0.39, 0.29) is 4.90 Å². The van der Waals surface area contributed by atoms with Crippen LogP contribution in [0.1, 0.15) is 17.5 Å². The Kier molecular flexibility index (Phi) is 3.56. The average Bonchev–Trinajstić information content (AvgIpc) is 2.97. The Balaban J connectivity index is 2.11. The number of rotatable bonds is 3. The molecule has 22 heavy (non-hydrogen) atoms. The van der Waals surface area contributed by atoms with Crippen molar-refractivity contribution >= 4 is 16.0 Å². The number of hydrogen-bond acceptors (Lipinski definition) is 5. The van der Waals surface area contributed by atoms with Gasteiger partial charge >= 0.3 is 0 Å². The lowest BCUT2D eigenvalue weighted by Gasteiger charge is -2.28. The van der Waals surface area contributed by atoms with Crippen molar-refractivity contribution in [2.24, 2.45) is 0 Å². The maximum absolute atomic E-state index is 13.0. The molecule has 0 fully saturated rings. The molecule has 7 nitrogen and oxygen atoms in total. The first kappa shape index (κ1) is 14.8. The second kappa shape index (κ2) is 5.28. The van der Waals surface area contributed by atoms with Crippen LogP contribution >= 0.6 is 0 Å². The van der Waals surface area contributed by atoms with E-state index >= 15 is 0 Å². The topological polar surface area (TPSA) is 77.3 Å². The minimum absolute atomic E-state index is 0.280. The van der Waals surface area contributed by atoms with E-state index < -0.39 is 10.0 Å². The van der Waals surface area contributed by atoms with Crippen molar-refractivity contribution in [1.82, 2.24) is 14.8 Å². The SMILES string of the molecule is COc1ccc(S(=O)(=O)N2CCCn3ncnc32)c(C)c1C. The molecule has 118 valence electrons. The molecule has 1 aliphatic heterocycles. The van der Waals surface area contributed by atoms with Gasteiger partial charge in [-0.2, -0.15) is 10.1 Å². The van der Waals surface area contributed by atoms with Crippen LogP contribution in [0.2, 0.25) is 0 Å². The molecule has 3 rings (SSSR count). The molecule has 0 amide bonds. The maximum Gasteiger partial charge on any atom is 0.266 e. The van der Waals surface area contributed by atoms with Crippen LogP contribution < -0.4 is 9.04 Å². The smallest absolute Gasteiger partial charge is 0.266 e. The third-order valence-corrected chi connectivity index (χ3v) is 5.95. The molecule has 0 bridgehead atoms. The van der Waals surface area contributed by atoms with Gasteiger partial charge in [-0.15, -0.1) is 0 Å². The quantitative estimate of drug-likeness (QED) is 0.856. The monoisotopic (exact) mass is 322 g/mol. The highest BCUT2D eigenvalue weighted by Crippen LogP contribution is 2.31. The Morgan fingerprint density at radius 3 is 2.68 bits per heavy atom. The molecule has 1 aliphatic rings. The molecule has 1 aromatic heterocycles. The highest BCUT2D eigenvalue weighted by atomic mass is 32.2. The van der Waals surface area contributed by atoms with E-state index in [9.17, 15) is 8.42 Å². The third kappa shape index (κ3) is 2.14. The molecule has 2 heterocycles. The van der Waals surface area contributed by atoms with Gasteiger partial charge in [0.15, 0.2) is 0 Å². The molecule has 0 N–H and O–H groups in total. The van der Waals surface area contributed by atoms with Crippen LogP contribution in [0.3, 0.4) is 0 Å². The maximum atomic E-state index is 13.0. The molecule has 0 aliphatic carbocycles. The van der Waals surface area contributed by atoms with Crippen LogP contribution in [-0.2, 0) is 16.6 Å². The van der Waals surface area contributed by atoms with E-state index in [0.29, 0.717) is 36.8 Å². The van der Waals surface area contributed by atoms with E-state index in [0.717, 1.165) is 5.56 Å². The number of aryl methyl sites for hydroxylation is 1. The number of ether oxygens (including phenoxy) is 1. The molecule has 0 atom stereocenters. The first-order valence-corrected chi connectivity index (χ1v) is 8.45. The van der Waals surface area contributed by atoms with Crippen molar-refractivity contribution in [2.75, 3.05) is 18.0 Å². The van der Waals surface area contributed by atoms with Crippen LogP contribution in [-0.4, -0.2) is 36.8 Å². The van der Waals surface area contributed by atoms with E-state index in [1.807, 2.05) is 6.92 Å². The molecule has 2 aromatic rings. The van der Waals surface area contributed by atoms with Gasteiger partial charge in [0, 0.05) is 13.1 Å². The van der Waals surface area contributed by atoms with Crippen LogP contribution in [0.15, 0.2) is 23.4 Å². The van der Waals surface area contributed by atoms with Gasteiger partial charge in [0.1, 0.15) is 12.1 Å². The molecule has 0 radical (unpaired) electrons. The van der Waals surface area contributed by atoms with Crippen LogP contribution in [0.25, 0.3) is 0 Å². The van der Waals surface area contributed by atoms with E-state index in [1.165, 1.54) is 10.6 Å². The van der Waals surface area contributed by atoms with Crippen LogP contribution in [0.4, 0.5) is 5.95 Å². The summed E-state index contributed by atoms with van der Waals surface area (Å²) in [5.74, 6) is 1.05. The lowest BCUT2D eigenvalue weighted by Crippen LogP contribution is -2.38. The van der Waals surface area contributed by atoms with Gasteiger partial charge in [-0.3, -0.25) is 0 Å². The van der Waals surface area contributed by atoms with Crippen LogP contribution in [0, 0.1) is 13.8 Å². The minimum Gasteiger partial charge on any atom is -0.496 e. The Morgan fingerprint density at radius 1 is 1.18 bits per heavy atom. The van der Waals surface area contributed by atoms with Crippen molar-refractivity contribution < 1.29 is 13.2 Å². The van der Waals surface area contributed by atoms with Gasteiger partial charge < -0.3 is 4.74 Å². The second-order valence-electron chi connectivity index (χ2n) is 5.23. The summed E-state index contributed by atoms with van der Waals surface area (Å²) >= 11 is 0. The molecular weight excluding hydrogens is 304 g/mol. The van der Waals surface area contributed by atoms with Gasteiger partial charge in [0.05, 0.1) is 12.0 Å². The Bertz CT molecular complexity index is 813. The lowest BCUT2D eigenvalue weighted by atomic mass is 10.1. The largest absolute Gasteiger partial charge is 0.496 e. The van der Waals surface area contributed by atoms with E-state index in [1.54, 1.807) is 30.8 Å². The van der Waals surface area contributed by atoms with Crippen molar-refractivity contribution in [1.29, 1.82) is 0 Å². The molecule has 0 spiro atoms. The summed E-state index contributed by atoms with van der Waals surface area (Å²) in [6.45, 7) is 4.73. The zero-order chi connectivity index (χ0) is 15.9. The number of benzene rings is 1. The van der Waals surface area contributed by atoms with Crippen molar-refractivity contribution in [2.45, 2.75) is 31.7 Å². The zero-order valence-corrected chi connectivity index (χ0v) is 13.6. The summed E-state index contributed by atoms with van der Waals surface area (Å²) in [4.78, 5) is 4.37. The zero-order valence-electron chi connectivity index (χ0n) is 12.8. The Hall–Kier alpha value is -2.09. The standard InChI is InChI=1S/C14H18N4O3S/c1-10-11(2)13(6-5-12(10)21-3)22(19,20)18-8-4-7-17-14(18)15-9-16-17/h5-6,9H,4,7-8H2,1-3H3. The highest BCUT2D eigenvalue weighted by Gasteiger charge is 2.32. The Morgan fingerprint density at radius 2 is 1.95 bits per heavy atom. The number of hydrogen-bond donors (Lipinski definition) is 0. The van der Waals surface area contributed by atoms with Gasteiger partial charge in [0.25, 0.3) is 10.0 Å². The molecule has 0 saturated heterocycles. The molecular formula is C14H18N4O3S. The number of methoxy groups -OCH3 is 1. The molecule has 0 saturated carbocycles. The second-order valence-corrected chi connectivity index (χ2v) is 7.06. The molecule has 8 heteroatoms. The predicted octanol–water partition coefficient (Wildman–Crippen LogP) is 1.50. The van der Waals surface area contributed by atoms with Crippen molar-refractivity contribution in [3.05, 3.63) is 29.6 Å². The van der Waals surface area contributed by atoms with E-state index in [2.05, 4.69) is 10.1 Å². The summed E-state index contributed by atoms with van der Waals surface area (Å²) in [7, 11) is -2.10. The first-order valence-electron chi connectivity index (χ1n) is 7.01. The van der Waals surface area contributed by atoms with Crippen LogP contribution in [0.5, 0.6) is 5.75 Å². The highest BCUT2D eigenvalue weighted by molar-refractivity contribution is 7.92. The number of nitrogens with zero attached hydrogens (tertiary/aromatic N) is 4. The normalized spacial score (nSPS) is 14.8. The van der Waals surface area contributed by atoms with Crippen molar-refractivity contribution in [3.63, 3.8) is 0 Å². The number of anilines is 1. The minimum atomic E-state index is -3.67. The third-order valence-electron chi connectivity index (χ3n) is 4.03. The summed E-state index contributed by atoms with van der Waals surface area (Å²) in [6.07, 6.45) is 2.10. The Labute approximate surface area is 129 Å². The summed E-state index contributed by atoms with van der Waals surface area (Å²) in [6, 6.07) is 3.27. The average molecular weight is 322 g/mol. The number of fused-ring (bicyclic) bond motifs is 1. The first-order chi connectivity index (χ1) is 10.5. The molecule has 1 aromatic carbocycles. The van der Waals surface area contributed by atoms with E-state index in [4.69, 9.17) is 4.74 Å². The predicted molar refractivity (Wildman–Crippen MR) is 81.6 cm³/mol. The summed E-state index contributed by atoms with van der Waals surface area (Å²) in [5, 5.41) is 4.06. The molecule has 0 unspecified atom stereocenters.